The molecule has 1 aliphatic rings. The van der Waals surface area contributed by atoms with E-state index in [4.69, 9.17) is 4.43 Å². The lowest BCUT2D eigenvalue weighted by Gasteiger charge is -2.44. The number of amides is 1. The van der Waals surface area contributed by atoms with E-state index < -0.39 is 13.9 Å². The zero-order valence-electron chi connectivity index (χ0n) is 9.64. The van der Waals surface area contributed by atoms with E-state index in [9.17, 15) is 4.79 Å². The molecule has 1 N–H and O–H groups in total. The van der Waals surface area contributed by atoms with Gasteiger partial charge in [-0.1, -0.05) is 20.8 Å². The van der Waals surface area contributed by atoms with Gasteiger partial charge in [-0.05, 0) is 25.1 Å². The Morgan fingerprint density at radius 2 is 1.86 bits per heavy atom. The van der Waals surface area contributed by atoms with E-state index in [1.165, 1.54) is 0 Å². The Morgan fingerprint density at radius 1 is 1.36 bits per heavy atom. The summed E-state index contributed by atoms with van der Waals surface area (Å²) in [4.78, 5) is 11.4. The average molecular weight is 215 g/mol. The molecule has 1 amide bonds. The van der Waals surface area contributed by atoms with Crippen molar-refractivity contribution in [3.63, 3.8) is 0 Å². The molecule has 14 heavy (non-hydrogen) atoms. The second-order valence-electron chi connectivity index (χ2n) is 4.26. The highest BCUT2D eigenvalue weighted by Gasteiger charge is 2.48. The summed E-state index contributed by atoms with van der Waals surface area (Å²) in [5, 5.41) is 2.75. The molecule has 1 aliphatic heterocycles. The Labute approximate surface area is 87.3 Å². The molecule has 1 heterocycles. The van der Waals surface area contributed by atoms with Gasteiger partial charge in [0.05, 0.1) is 6.54 Å². The van der Waals surface area contributed by atoms with Gasteiger partial charge in [0.25, 0.3) is 5.91 Å². The molecule has 3 nitrogen and oxygen atoms in total. The minimum atomic E-state index is -1.63. The molecule has 0 aromatic rings. The van der Waals surface area contributed by atoms with Crippen LogP contribution >= 0.6 is 0 Å². The van der Waals surface area contributed by atoms with Gasteiger partial charge in [0.15, 0.2) is 8.32 Å². The van der Waals surface area contributed by atoms with Crippen LogP contribution in [0.25, 0.3) is 0 Å². The molecular formula is C10H21NO2Si. The molecule has 0 aromatic carbocycles. The lowest BCUT2D eigenvalue weighted by molar-refractivity contribution is -0.147. The van der Waals surface area contributed by atoms with Crippen LogP contribution in [0.5, 0.6) is 0 Å². The fourth-order valence-corrected chi connectivity index (χ4v) is 4.99. The van der Waals surface area contributed by atoms with Crippen LogP contribution in [-0.2, 0) is 9.22 Å². The molecule has 1 fully saturated rings. The Hall–Kier alpha value is -0.353. The standard InChI is InChI=1S/C10H21NO2Si/c1-5-14(6-2,7-3)13-10(4)8-11-9(10)12/h5-8H2,1-4H3,(H,11,12). The van der Waals surface area contributed by atoms with Crippen molar-refractivity contribution < 1.29 is 9.22 Å². The molecule has 0 aromatic heterocycles. The van der Waals surface area contributed by atoms with Gasteiger partial charge in [-0.3, -0.25) is 4.79 Å². The topological polar surface area (TPSA) is 38.3 Å². The largest absolute Gasteiger partial charge is 0.401 e. The minimum Gasteiger partial charge on any atom is -0.401 e. The molecule has 1 saturated heterocycles. The fraction of sp³-hybridized carbons (Fsp3) is 0.900. The minimum absolute atomic E-state index is 0.0599. The lowest BCUT2D eigenvalue weighted by Crippen LogP contribution is -2.67. The monoisotopic (exact) mass is 215 g/mol. The Kier molecular flexibility index (Phi) is 3.37. The van der Waals surface area contributed by atoms with Gasteiger partial charge in [0.2, 0.25) is 0 Å². The Bertz CT molecular complexity index is 220. The smallest absolute Gasteiger partial charge is 0.252 e. The van der Waals surface area contributed by atoms with E-state index >= 15 is 0 Å². The highest BCUT2D eigenvalue weighted by atomic mass is 28.4. The number of hydrogen-bond acceptors (Lipinski definition) is 2. The summed E-state index contributed by atoms with van der Waals surface area (Å²) in [7, 11) is -1.63. The first-order valence-electron chi connectivity index (χ1n) is 5.50. The average Bonchev–Trinajstić information content (AvgIpc) is 2.24. The van der Waals surface area contributed by atoms with Crippen LogP contribution < -0.4 is 5.32 Å². The van der Waals surface area contributed by atoms with E-state index in [1.54, 1.807) is 0 Å². The maximum atomic E-state index is 11.4. The van der Waals surface area contributed by atoms with E-state index in [0.29, 0.717) is 6.54 Å². The summed E-state index contributed by atoms with van der Waals surface area (Å²) in [6.07, 6.45) is 0. The quantitative estimate of drug-likeness (QED) is 0.562. The number of hydrogen-bond donors (Lipinski definition) is 1. The zero-order chi connectivity index (χ0) is 10.8. The van der Waals surface area contributed by atoms with Crippen molar-refractivity contribution in [1.82, 2.24) is 5.32 Å². The van der Waals surface area contributed by atoms with Crippen LogP contribution in [0.1, 0.15) is 27.7 Å². The zero-order valence-corrected chi connectivity index (χ0v) is 10.6. The molecule has 1 rings (SSSR count). The van der Waals surface area contributed by atoms with Gasteiger partial charge in [0, 0.05) is 0 Å². The highest BCUT2D eigenvalue weighted by molar-refractivity contribution is 6.73. The fourth-order valence-electron chi connectivity index (χ4n) is 1.94. The second-order valence-corrected chi connectivity index (χ2v) is 8.95. The van der Waals surface area contributed by atoms with Crippen LogP contribution in [0, 0.1) is 0 Å². The van der Waals surface area contributed by atoms with Crippen molar-refractivity contribution in [3.8, 4) is 0 Å². The number of carbonyl (C=O) groups is 1. The van der Waals surface area contributed by atoms with Gasteiger partial charge in [-0.2, -0.15) is 0 Å². The number of carbonyl (C=O) groups excluding carboxylic acids is 1. The third-order valence-electron chi connectivity index (χ3n) is 3.44. The lowest BCUT2D eigenvalue weighted by atomic mass is 9.99. The third-order valence-corrected chi connectivity index (χ3v) is 8.19. The predicted octanol–water partition coefficient (Wildman–Crippen LogP) is 1.90. The summed E-state index contributed by atoms with van der Waals surface area (Å²) in [5.74, 6) is 0.0599. The van der Waals surface area contributed by atoms with Crippen LogP contribution in [0.15, 0.2) is 0 Å². The maximum Gasteiger partial charge on any atom is 0.252 e. The van der Waals surface area contributed by atoms with Gasteiger partial charge < -0.3 is 9.74 Å². The van der Waals surface area contributed by atoms with Crippen molar-refractivity contribution in [2.75, 3.05) is 6.54 Å². The van der Waals surface area contributed by atoms with Gasteiger partial charge >= 0.3 is 0 Å². The first-order valence-corrected chi connectivity index (χ1v) is 8.03. The summed E-state index contributed by atoms with van der Waals surface area (Å²) in [6.45, 7) is 9.13. The molecule has 4 heteroatoms. The summed E-state index contributed by atoms with van der Waals surface area (Å²) in [6, 6.07) is 3.30. The second kappa shape index (κ2) is 4.02. The molecule has 0 radical (unpaired) electrons. The summed E-state index contributed by atoms with van der Waals surface area (Å²) < 4.78 is 6.15. The first kappa shape index (κ1) is 11.7. The van der Waals surface area contributed by atoms with Crippen molar-refractivity contribution in [2.24, 2.45) is 0 Å². The number of rotatable bonds is 5. The molecule has 0 saturated carbocycles. The van der Waals surface area contributed by atoms with Crippen molar-refractivity contribution >= 4 is 14.2 Å². The van der Waals surface area contributed by atoms with Crippen molar-refractivity contribution in [1.29, 1.82) is 0 Å². The van der Waals surface area contributed by atoms with Crippen molar-refractivity contribution in [3.05, 3.63) is 0 Å². The number of nitrogens with one attached hydrogen (secondary N) is 1. The molecule has 1 unspecified atom stereocenters. The van der Waals surface area contributed by atoms with E-state index in [-0.39, 0.29) is 5.91 Å². The van der Waals surface area contributed by atoms with E-state index in [1.807, 2.05) is 6.92 Å². The molecule has 0 aliphatic carbocycles. The first-order chi connectivity index (χ1) is 6.52. The van der Waals surface area contributed by atoms with Crippen molar-refractivity contribution in [2.45, 2.75) is 51.4 Å². The van der Waals surface area contributed by atoms with Gasteiger partial charge in [-0.15, -0.1) is 0 Å². The molecule has 0 bridgehead atoms. The van der Waals surface area contributed by atoms with Crippen LogP contribution in [-0.4, -0.2) is 26.4 Å². The normalized spacial score (nSPS) is 27.0. The van der Waals surface area contributed by atoms with Crippen LogP contribution in [0.2, 0.25) is 18.1 Å². The highest BCUT2D eigenvalue weighted by Crippen LogP contribution is 2.30. The summed E-state index contributed by atoms with van der Waals surface area (Å²) >= 11 is 0. The summed E-state index contributed by atoms with van der Waals surface area (Å²) in [5.41, 5.74) is -0.520. The third kappa shape index (κ3) is 1.86. The molecule has 0 spiro atoms. The van der Waals surface area contributed by atoms with Crippen LogP contribution in [0.4, 0.5) is 0 Å². The van der Waals surface area contributed by atoms with Crippen LogP contribution in [0.3, 0.4) is 0 Å². The van der Waals surface area contributed by atoms with Gasteiger partial charge in [0.1, 0.15) is 5.60 Å². The van der Waals surface area contributed by atoms with Gasteiger partial charge in [-0.25, -0.2) is 0 Å². The molecular weight excluding hydrogens is 194 g/mol. The predicted molar refractivity (Wildman–Crippen MR) is 59.7 cm³/mol. The maximum absolute atomic E-state index is 11.4. The SMILES string of the molecule is CC[Si](CC)(CC)OC1(C)CNC1=O. The van der Waals surface area contributed by atoms with E-state index in [2.05, 4.69) is 26.1 Å². The van der Waals surface area contributed by atoms with E-state index in [0.717, 1.165) is 18.1 Å². The molecule has 1 atom stereocenters. The Morgan fingerprint density at radius 3 is 2.07 bits per heavy atom. The number of β-lactam (4-membered cyclic amide) rings is 1. The Balaban J connectivity index is 2.68. The molecule has 82 valence electrons.